The van der Waals surface area contributed by atoms with Crippen LogP contribution in [0.5, 0.6) is 5.75 Å². The minimum Gasteiger partial charge on any atom is -0.485 e. The standard InChI is InChI=1S/C18H11Cl2F3N2O2/c19-13-5-1-11(2-6-13)10-27-15-9-24-25(17(26)16(15)20)14-7-3-12(4-8-14)18(21,22)23/h1-9H,10H2. The SMILES string of the molecule is O=c1c(Cl)c(OCc2ccc(Cl)cc2)cnn1-c1ccc(C(F)(F)F)cc1. The van der Waals surface area contributed by atoms with E-state index in [1.165, 1.54) is 6.20 Å². The van der Waals surface area contributed by atoms with E-state index in [0.717, 1.165) is 34.5 Å². The molecule has 0 aliphatic carbocycles. The van der Waals surface area contributed by atoms with E-state index in [9.17, 15) is 18.0 Å². The third kappa shape index (κ3) is 4.43. The fourth-order valence-electron chi connectivity index (χ4n) is 2.24. The van der Waals surface area contributed by atoms with E-state index in [2.05, 4.69) is 5.10 Å². The first-order chi connectivity index (χ1) is 12.8. The molecule has 9 heteroatoms. The molecule has 3 rings (SSSR count). The van der Waals surface area contributed by atoms with Crippen molar-refractivity contribution in [1.29, 1.82) is 0 Å². The van der Waals surface area contributed by atoms with Gasteiger partial charge >= 0.3 is 6.18 Å². The van der Waals surface area contributed by atoms with Gasteiger partial charge in [0.15, 0.2) is 10.8 Å². The minimum atomic E-state index is -4.46. The van der Waals surface area contributed by atoms with Crippen LogP contribution in [0.25, 0.3) is 5.69 Å². The van der Waals surface area contributed by atoms with Crippen LogP contribution in [-0.2, 0) is 12.8 Å². The molecule has 3 aromatic rings. The Morgan fingerprint density at radius 1 is 1.00 bits per heavy atom. The fraction of sp³-hybridized carbons (Fsp3) is 0.111. The molecule has 0 fully saturated rings. The maximum absolute atomic E-state index is 12.6. The van der Waals surface area contributed by atoms with Crippen LogP contribution in [0.3, 0.4) is 0 Å². The molecule has 0 aliphatic rings. The molecule has 0 saturated heterocycles. The molecular formula is C18H11Cl2F3N2O2. The average Bonchev–Trinajstić information content (AvgIpc) is 2.64. The molecule has 140 valence electrons. The number of rotatable bonds is 4. The molecule has 27 heavy (non-hydrogen) atoms. The highest BCUT2D eigenvalue weighted by Crippen LogP contribution is 2.29. The third-order valence-corrected chi connectivity index (χ3v) is 4.23. The lowest BCUT2D eigenvalue weighted by molar-refractivity contribution is -0.137. The number of benzene rings is 2. The molecule has 2 aromatic carbocycles. The first kappa shape index (κ1) is 19.3. The molecule has 0 radical (unpaired) electrons. The number of nitrogens with zero attached hydrogens (tertiary/aromatic N) is 2. The van der Waals surface area contributed by atoms with Crippen molar-refractivity contribution in [2.75, 3.05) is 0 Å². The molecule has 0 saturated carbocycles. The van der Waals surface area contributed by atoms with Crippen molar-refractivity contribution in [3.8, 4) is 11.4 Å². The van der Waals surface area contributed by atoms with Gasteiger partial charge in [-0.25, -0.2) is 0 Å². The van der Waals surface area contributed by atoms with Crippen LogP contribution in [0.15, 0.2) is 59.5 Å². The lowest BCUT2D eigenvalue weighted by atomic mass is 10.2. The molecular weight excluding hydrogens is 404 g/mol. The molecule has 0 N–H and O–H groups in total. The minimum absolute atomic E-state index is 0.0692. The van der Waals surface area contributed by atoms with E-state index in [4.69, 9.17) is 27.9 Å². The number of ether oxygens (including phenoxy) is 1. The highest BCUT2D eigenvalue weighted by molar-refractivity contribution is 6.31. The zero-order chi connectivity index (χ0) is 19.6. The summed E-state index contributed by atoms with van der Waals surface area (Å²) < 4.78 is 44.3. The number of halogens is 5. The molecule has 0 spiro atoms. The summed E-state index contributed by atoms with van der Waals surface area (Å²) in [6.07, 6.45) is -3.23. The van der Waals surface area contributed by atoms with Crippen molar-refractivity contribution in [3.05, 3.63) is 86.3 Å². The van der Waals surface area contributed by atoms with E-state index in [1.54, 1.807) is 24.3 Å². The van der Waals surface area contributed by atoms with Crippen molar-refractivity contribution in [2.24, 2.45) is 0 Å². The predicted molar refractivity (Wildman–Crippen MR) is 95.6 cm³/mol. The highest BCUT2D eigenvalue weighted by atomic mass is 35.5. The van der Waals surface area contributed by atoms with Crippen molar-refractivity contribution < 1.29 is 17.9 Å². The Hall–Kier alpha value is -2.51. The van der Waals surface area contributed by atoms with E-state index in [-0.39, 0.29) is 23.1 Å². The van der Waals surface area contributed by atoms with Crippen LogP contribution in [0.2, 0.25) is 10.0 Å². The van der Waals surface area contributed by atoms with Gasteiger partial charge in [0.25, 0.3) is 5.56 Å². The van der Waals surface area contributed by atoms with E-state index in [0.29, 0.717) is 5.02 Å². The summed E-state index contributed by atoms with van der Waals surface area (Å²) >= 11 is 11.9. The van der Waals surface area contributed by atoms with Crippen LogP contribution in [-0.4, -0.2) is 9.78 Å². The lowest BCUT2D eigenvalue weighted by Crippen LogP contribution is -2.22. The van der Waals surface area contributed by atoms with Crippen molar-refractivity contribution >= 4 is 23.2 Å². The summed E-state index contributed by atoms with van der Waals surface area (Å²) in [5, 5.41) is 4.28. The Bertz CT molecular complexity index is 1000. The fourth-order valence-corrected chi connectivity index (χ4v) is 2.54. The smallest absolute Gasteiger partial charge is 0.416 e. The third-order valence-electron chi connectivity index (χ3n) is 3.63. The molecule has 1 aromatic heterocycles. The van der Waals surface area contributed by atoms with E-state index in [1.807, 2.05) is 0 Å². The predicted octanol–water partition coefficient (Wildman–Crippen LogP) is 5.14. The maximum Gasteiger partial charge on any atom is 0.416 e. The molecule has 0 aliphatic heterocycles. The van der Waals surface area contributed by atoms with Gasteiger partial charge in [-0.05, 0) is 42.0 Å². The van der Waals surface area contributed by atoms with Gasteiger partial charge in [-0.15, -0.1) is 0 Å². The van der Waals surface area contributed by atoms with Gasteiger partial charge in [0.1, 0.15) is 6.61 Å². The second kappa shape index (κ2) is 7.62. The van der Waals surface area contributed by atoms with Gasteiger partial charge in [0.05, 0.1) is 17.4 Å². The normalized spacial score (nSPS) is 11.4. The monoisotopic (exact) mass is 414 g/mol. The first-order valence-corrected chi connectivity index (χ1v) is 8.34. The van der Waals surface area contributed by atoms with Gasteiger partial charge in [0, 0.05) is 5.02 Å². The lowest BCUT2D eigenvalue weighted by Gasteiger charge is -2.11. The maximum atomic E-state index is 12.6. The van der Waals surface area contributed by atoms with Gasteiger partial charge in [0.2, 0.25) is 0 Å². The summed E-state index contributed by atoms with van der Waals surface area (Å²) in [4.78, 5) is 12.4. The van der Waals surface area contributed by atoms with Gasteiger partial charge in [-0.3, -0.25) is 4.79 Å². The molecule has 0 atom stereocenters. The topological polar surface area (TPSA) is 44.1 Å². The summed E-state index contributed by atoms with van der Waals surface area (Å²) in [5.41, 5.74) is -0.570. The highest BCUT2D eigenvalue weighted by Gasteiger charge is 2.30. The number of hydrogen-bond acceptors (Lipinski definition) is 3. The molecule has 4 nitrogen and oxygen atoms in total. The summed E-state index contributed by atoms with van der Waals surface area (Å²) in [6, 6.07) is 10.9. The largest absolute Gasteiger partial charge is 0.485 e. The zero-order valence-electron chi connectivity index (χ0n) is 13.5. The van der Waals surface area contributed by atoms with Crippen LogP contribution in [0.4, 0.5) is 13.2 Å². The Labute approximate surface area is 161 Å². The Morgan fingerprint density at radius 2 is 1.63 bits per heavy atom. The molecule has 0 unspecified atom stereocenters. The summed E-state index contributed by atoms with van der Waals surface area (Å²) in [6.45, 7) is 0.141. The second-order valence-electron chi connectivity index (χ2n) is 5.50. The number of hydrogen-bond donors (Lipinski definition) is 0. The van der Waals surface area contributed by atoms with Crippen LogP contribution in [0.1, 0.15) is 11.1 Å². The average molecular weight is 415 g/mol. The number of aromatic nitrogens is 2. The molecule has 0 amide bonds. The second-order valence-corrected chi connectivity index (χ2v) is 6.31. The van der Waals surface area contributed by atoms with Crippen molar-refractivity contribution in [3.63, 3.8) is 0 Å². The van der Waals surface area contributed by atoms with Crippen molar-refractivity contribution in [1.82, 2.24) is 9.78 Å². The van der Waals surface area contributed by atoms with Crippen molar-refractivity contribution in [2.45, 2.75) is 12.8 Å². The molecule has 1 heterocycles. The Balaban J connectivity index is 1.82. The van der Waals surface area contributed by atoms with E-state index >= 15 is 0 Å². The van der Waals surface area contributed by atoms with Gasteiger partial charge in [-0.2, -0.15) is 23.0 Å². The quantitative estimate of drug-likeness (QED) is 0.593. The first-order valence-electron chi connectivity index (χ1n) is 7.58. The van der Waals surface area contributed by atoms with Gasteiger partial charge in [-0.1, -0.05) is 35.3 Å². The van der Waals surface area contributed by atoms with Crippen LogP contribution < -0.4 is 10.3 Å². The van der Waals surface area contributed by atoms with Crippen LogP contribution in [0, 0.1) is 0 Å². The zero-order valence-corrected chi connectivity index (χ0v) is 15.0. The Morgan fingerprint density at radius 3 is 2.22 bits per heavy atom. The Kier molecular flexibility index (Phi) is 5.43. The van der Waals surface area contributed by atoms with Gasteiger partial charge < -0.3 is 4.74 Å². The van der Waals surface area contributed by atoms with E-state index < -0.39 is 17.3 Å². The number of alkyl halides is 3. The summed E-state index contributed by atoms with van der Waals surface area (Å²) in [5.74, 6) is 0.0692. The van der Waals surface area contributed by atoms with Crippen LogP contribution >= 0.6 is 23.2 Å². The summed E-state index contributed by atoms with van der Waals surface area (Å²) in [7, 11) is 0. The molecule has 0 bridgehead atoms.